The zero-order valence-corrected chi connectivity index (χ0v) is 8.83. The van der Waals surface area contributed by atoms with Gasteiger partial charge in [0.25, 0.3) is 0 Å². The van der Waals surface area contributed by atoms with E-state index in [1.165, 1.54) is 16.7 Å². The van der Waals surface area contributed by atoms with E-state index in [0.717, 1.165) is 12.1 Å². The first kappa shape index (κ1) is 9.93. The van der Waals surface area contributed by atoms with E-state index in [9.17, 15) is 0 Å². The van der Waals surface area contributed by atoms with Crippen LogP contribution in [0.2, 0.25) is 0 Å². The maximum absolute atomic E-state index is 5.55. The number of aryl methyl sites for hydroxylation is 1. The van der Waals surface area contributed by atoms with Gasteiger partial charge in [-0.15, -0.1) is 0 Å². The van der Waals surface area contributed by atoms with E-state index < -0.39 is 0 Å². The van der Waals surface area contributed by atoms with Crippen molar-refractivity contribution >= 4 is 0 Å². The van der Waals surface area contributed by atoms with Gasteiger partial charge >= 0.3 is 0 Å². The fraction of sp³-hybridized carbons (Fsp3) is 0.250. The van der Waals surface area contributed by atoms with Gasteiger partial charge in [0, 0.05) is 0 Å². The fourth-order valence-electron chi connectivity index (χ4n) is 1.63. The topological polar surface area (TPSA) is 54.7 Å². The third kappa shape index (κ3) is 2.07. The SMILES string of the molecule is Cc1ccc(-c2[nH]ncc2CCN)cc1. The highest BCUT2D eigenvalue weighted by atomic mass is 15.1. The molecule has 3 heteroatoms. The number of nitrogens with one attached hydrogen (secondary N) is 1. The van der Waals surface area contributed by atoms with Gasteiger partial charge in [0.05, 0.1) is 11.9 Å². The summed E-state index contributed by atoms with van der Waals surface area (Å²) in [6.45, 7) is 2.73. The minimum Gasteiger partial charge on any atom is -0.330 e. The van der Waals surface area contributed by atoms with Gasteiger partial charge in [-0.2, -0.15) is 5.10 Å². The van der Waals surface area contributed by atoms with Crippen LogP contribution in [0.5, 0.6) is 0 Å². The van der Waals surface area contributed by atoms with Crippen LogP contribution in [0, 0.1) is 6.92 Å². The zero-order chi connectivity index (χ0) is 10.7. The van der Waals surface area contributed by atoms with E-state index in [2.05, 4.69) is 41.4 Å². The lowest BCUT2D eigenvalue weighted by atomic mass is 10.0. The second-order valence-corrected chi connectivity index (χ2v) is 3.67. The van der Waals surface area contributed by atoms with Crippen molar-refractivity contribution in [1.29, 1.82) is 0 Å². The number of rotatable bonds is 3. The molecular formula is C12H15N3. The fourth-order valence-corrected chi connectivity index (χ4v) is 1.63. The number of benzene rings is 1. The smallest absolute Gasteiger partial charge is 0.0682 e. The van der Waals surface area contributed by atoms with E-state index in [1.807, 2.05) is 6.20 Å². The molecule has 0 fully saturated rings. The largest absolute Gasteiger partial charge is 0.330 e. The monoisotopic (exact) mass is 201 g/mol. The number of hydrogen-bond donors (Lipinski definition) is 2. The average molecular weight is 201 g/mol. The third-order valence-electron chi connectivity index (χ3n) is 2.47. The summed E-state index contributed by atoms with van der Waals surface area (Å²) in [6, 6.07) is 8.40. The Morgan fingerprint density at radius 1 is 1.27 bits per heavy atom. The predicted molar refractivity (Wildman–Crippen MR) is 61.5 cm³/mol. The molecule has 1 aromatic carbocycles. The van der Waals surface area contributed by atoms with Crippen LogP contribution in [0.1, 0.15) is 11.1 Å². The molecule has 0 aliphatic heterocycles. The van der Waals surface area contributed by atoms with Crippen LogP contribution in [-0.4, -0.2) is 16.7 Å². The van der Waals surface area contributed by atoms with E-state index in [-0.39, 0.29) is 0 Å². The molecule has 0 bridgehead atoms. The summed E-state index contributed by atoms with van der Waals surface area (Å²) in [7, 11) is 0. The van der Waals surface area contributed by atoms with Gasteiger partial charge in [-0.05, 0) is 31.0 Å². The normalized spacial score (nSPS) is 10.5. The van der Waals surface area contributed by atoms with E-state index >= 15 is 0 Å². The Balaban J connectivity index is 2.36. The van der Waals surface area contributed by atoms with Crippen LogP contribution in [-0.2, 0) is 6.42 Å². The molecule has 15 heavy (non-hydrogen) atoms. The molecule has 2 aromatic rings. The van der Waals surface area contributed by atoms with Crippen LogP contribution in [0.15, 0.2) is 30.5 Å². The van der Waals surface area contributed by atoms with Gasteiger partial charge in [0.15, 0.2) is 0 Å². The van der Waals surface area contributed by atoms with Crippen LogP contribution in [0.25, 0.3) is 11.3 Å². The van der Waals surface area contributed by atoms with Crippen molar-refractivity contribution in [3.63, 3.8) is 0 Å². The van der Waals surface area contributed by atoms with Gasteiger partial charge in [0.1, 0.15) is 0 Å². The zero-order valence-electron chi connectivity index (χ0n) is 8.83. The minimum atomic E-state index is 0.651. The number of nitrogens with zero attached hydrogens (tertiary/aromatic N) is 1. The molecule has 3 nitrogen and oxygen atoms in total. The standard InChI is InChI=1S/C12H15N3/c1-9-2-4-10(5-3-9)12-11(6-7-13)8-14-15-12/h2-5,8H,6-7,13H2,1H3,(H,14,15). The molecule has 78 valence electrons. The van der Waals surface area contributed by atoms with Crippen molar-refractivity contribution < 1.29 is 0 Å². The van der Waals surface area contributed by atoms with E-state index in [0.29, 0.717) is 6.54 Å². The molecule has 0 unspecified atom stereocenters. The van der Waals surface area contributed by atoms with Crippen LogP contribution in [0.3, 0.4) is 0 Å². The van der Waals surface area contributed by atoms with E-state index in [1.54, 1.807) is 0 Å². The minimum absolute atomic E-state index is 0.651. The molecule has 2 rings (SSSR count). The highest BCUT2D eigenvalue weighted by molar-refractivity contribution is 5.62. The molecular weight excluding hydrogens is 186 g/mol. The van der Waals surface area contributed by atoms with Gasteiger partial charge in [-0.1, -0.05) is 29.8 Å². The highest BCUT2D eigenvalue weighted by Gasteiger charge is 2.05. The van der Waals surface area contributed by atoms with Crippen molar-refractivity contribution in [3.05, 3.63) is 41.6 Å². The van der Waals surface area contributed by atoms with Crippen molar-refractivity contribution in [2.24, 2.45) is 5.73 Å². The summed E-state index contributed by atoms with van der Waals surface area (Å²) >= 11 is 0. The summed E-state index contributed by atoms with van der Waals surface area (Å²) in [5.74, 6) is 0. The Kier molecular flexibility index (Phi) is 2.83. The van der Waals surface area contributed by atoms with Gasteiger partial charge < -0.3 is 5.73 Å². The lowest BCUT2D eigenvalue weighted by molar-refractivity contribution is 0.972. The van der Waals surface area contributed by atoms with Gasteiger partial charge in [-0.3, -0.25) is 5.10 Å². The molecule has 0 aliphatic rings. The number of hydrogen-bond acceptors (Lipinski definition) is 2. The molecule has 0 saturated carbocycles. The molecule has 0 radical (unpaired) electrons. The summed E-state index contributed by atoms with van der Waals surface area (Å²) < 4.78 is 0. The Morgan fingerprint density at radius 3 is 2.67 bits per heavy atom. The summed E-state index contributed by atoms with van der Waals surface area (Å²) in [5, 5.41) is 7.08. The maximum atomic E-state index is 5.55. The van der Waals surface area contributed by atoms with Crippen LogP contribution >= 0.6 is 0 Å². The second-order valence-electron chi connectivity index (χ2n) is 3.67. The third-order valence-corrected chi connectivity index (χ3v) is 2.47. The first-order valence-electron chi connectivity index (χ1n) is 5.10. The highest BCUT2D eigenvalue weighted by Crippen LogP contribution is 2.21. The quantitative estimate of drug-likeness (QED) is 0.796. The van der Waals surface area contributed by atoms with Crippen LogP contribution < -0.4 is 5.73 Å². The Hall–Kier alpha value is -1.61. The first-order valence-corrected chi connectivity index (χ1v) is 5.10. The lowest BCUT2D eigenvalue weighted by Crippen LogP contribution is -2.02. The van der Waals surface area contributed by atoms with Crippen molar-refractivity contribution in [2.75, 3.05) is 6.54 Å². The maximum Gasteiger partial charge on any atom is 0.0682 e. The molecule has 0 saturated heterocycles. The molecule has 0 atom stereocenters. The van der Waals surface area contributed by atoms with Gasteiger partial charge in [0.2, 0.25) is 0 Å². The Bertz CT molecular complexity index is 428. The van der Waals surface area contributed by atoms with E-state index in [4.69, 9.17) is 5.73 Å². The second kappa shape index (κ2) is 4.28. The number of aromatic amines is 1. The summed E-state index contributed by atoms with van der Waals surface area (Å²) in [4.78, 5) is 0. The first-order chi connectivity index (χ1) is 7.31. The van der Waals surface area contributed by atoms with Crippen molar-refractivity contribution in [1.82, 2.24) is 10.2 Å². The molecule has 1 heterocycles. The lowest BCUT2D eigenvalue weighted by Gasteiger charge is -2.02. The Morgan fingerprint density at radius 2 is 2.00 bits per heavy atom. The number of H-pyrrole nitrogens is 1. The summed E-state index contributed by atoms with van der Waals surface area (Å²) in [6.07, 6.45) is 2.71. The molecule has 0 spiro atoms. The van der Waals surface area contributed by atoms with Crippen LogP contribution in [0.4, 0.5) is 0 Å². The molecule has 1 aromatic heterocycles. The van der Waals surface area contributed by atoms with Gasteiger partial charge in [-0.25, -0.2) is 0 Å². The molecule has 0 amide bonds. The summed E-state index contributed by atoms with van der Waals surface area (Å²) in [5.41, 5.74) is 10.2. The average Bonchev–Trinajstić information content (AvgIpc) is 2.68. The number of aromatic nitrogens is 2. The van der Waals surface area contributed by atoms with Crippen molar-refractivity contribution in [3.8, 4) is 11.3 Å². The molecule has 3 N–H and O–H groups in total. The predicted octanol–water partition coefficient (Wildman–Crippen LogP) is 1.89. The molecule has 0 aliphatic carbocycles. The Labute approximate surface area is 89.3 Å². The number of nitrogens with two attached hydrogens (primary N) is 1. The van der Waals surface area contributed by atoms with Crippen molar-refractivity contribution in [2.45, 2.75) is 13.3 Å².